The first-order valence-corrected chi connectivity index (χ1v) is 9.04. The van der Waals surface area contributed by atoms with Gasteiger partial charge in [-0.15, -0.1) is 0 Å². The average Bonchev–Trinajstić information content (AvgIpc) is 3.30. The number of carbonyl (C=O) groups excluding carboxylic acids is 1. The predicted octanol–water partition coefficient (Wildman–Crippen LogP) is 3.13. The van der Waals surface area contributed by atoms with Gasteiger partial charge < -0.3 is 14.8 Å². The summed E-state index contributed by atoms with van der Waals surface area (Å²) in [7, 11) is 3.59. The largest absolute Gasteiger partial charge is 0.334 e. The topological polar surface area (TPSA) is 75.9 Å². The minimum absolute atomic E-state index is 0.229. The van der Waals surface area contributed by atoms with Gasteiger partial charge in [0.25, 0.3) is 0 Å². The number of pyridine rings is 2. The first-order chi connectivity index (χ1) is 13.4. The zero-order chi connectivity index (χ0) is 20.0. The first-order valence-electron chi connectivity index (χ1n) is 9.04. The number of hydrogen-bond acceptors (Lipinski definition) is 5. The molecule has 1 fully saturated rings. The van der Waals surface area contributed by atoms with Crippen molar-refractivity contribution in [1.29, 1.82) is 0 Å². The third-order valence-corrected chi connectivity index (χ3v) is 5.03. The summed E-state index contributed by atoms with van der Waals surface area (Å²) in [6.07, 6.45) is 2.62. The Morgan fingerprint density at radius 1 is 1.43 bits per heavy atom. The number of nitrogens with one attached hydrogen (secondary N) is 1. The smallest absolute Gasteiger partial charge is 0.231 e. The van der Waals surface area contributed by atoms with Gasteiger partial charge >= 0.3 is 0 Å². The number of alkyl halides is 1. The normalized spacial score (nSPS) is 18.3. The highest BCUT2D eigenvalue weighted by atomic mass is 19.1. The summed E-state index contributed by atoms with van der Waals surface area (Å²) in [4.78, 5) is 26.5. The molecule has 0 saturated heterocycles. The van der Waals surface area contributed by atoms with E-state index in [9.17, 15) is 13.6 Å². The van der Waals surface area contributed by atoms with Crippen LogP contribution in [0, 0.1) is 11.9 Å². The fraction of sp³-hybridized carbons (Fsp3) is 0.368. The number of aromatic nitrogens is 4. The van der Waals surface area contributed by atoms with Crippen LogP contribution in [0.15, 0.2) is 24.7 Å². The Labute approximate surface area is 160 Å². The van der Waals surface area contributed by atoms with E-state index in [0.717, 1.165) is 5.52 Å². The van der Waals surface area contributed by atoms with E-state index in [4.69, 9.17) is 0 Å². The molecule has 1 aliphatic carbocycles. The molecule has 2 atom stereocenters. The van der Waals surface area contributed by atoms with Gasteiger partial charge in [-0.05, 0) is 18.9 Å². The van der Waals surface area contributed by atoms with E-state index in [1.165, 1.54) is 6.20 Å². The number of fused-ring (bicyclic) bond motifs is 1. The summed E-state index contributed by atoms with van der Waals surface area (Å²) in [5.41, 5.74) is 2.36. The Kier molecular flexibility index (Phi) is 4.44. The quantitative estimate of drug-likeness (QED) is 0.682. The summed E-state index contributed by atoms with van der Waals surface area (Å²) in [6.45, 7) is 1.85. The molecule has 0 radical (unpaired) electrons. The Bertz CT molecular complexity index is 1070. The van der Waals surface area contributed by atoms with Crippen LogP contribution in [-0.4, -0.2) is 38.6 Å². The second-order valence-electron chi connectivity index (χ2n) is 6.91. The van der Waals surface area contributed by atoms with Crippen molar-refractivity contribution in [3.63, 3.8) is 0 Å². The van der Waals surface area contributed by atoms with Crippen LogP contribution < -0.4 is 10.2 Å². The van der Waals surface area contributed by atoms with Gasteiger partial charge in [0.1, 0.15) is 17.5 Å². The van der Waals surface area contributed by atoms with Crippen LogP contribution in [0.25, 0.3) is 11.0 Å². The number of carbonyl (C=O) groups is 1. The number of aryl methyl sites for hydroxylation is 1. The maximum atomic E-state index is 14.1. The molecule has 7 nitrogen and oxygen atoms in total. The summed E-state index contributed by atoms with van der Waals surface area (Å²) >= 11 is 0. The molecule has 2 unspecified atom stereocenters. The Balaban J connectivity index is 1.78. The van der Waals surface area contributed by atoms with Crippen LogP contribution in [0.1, 0.15) is 18.9 Å². The second-order valence-corrected chi connectivity index (χ2v) is 6.91. The van der Waals surface area contributed by atoms with Gasteiger partial charge in [-0.25, -0.2) is 19.3 Å². The lowest BCUT2D eigenvalue weighted by atomic mass is 10.1. The lowest BCUT2D eigenvalue weighted by molar-refractivity contribution is -0.117. The van der Waals surface area contributed by atoms with Gasteiger partial charge in [-0.2, -0.15) is 4.39 Å². The standard InChI is InChI=1S/C19H20F2N6O/c1-4-10-13(5-6-22-17(10)21)27(3)15-8-14-16(23-9-26(14)2)18(24-15)25-19(28)11-7-12(11)20/h5-6,8-9,11-12H,4,7H2,1-3H3,(H,24,25,28). The van der Waals surface area contributed by atoms with E-state index in [1.807, 2.05) is 20.0 Å². The van der Waals surface area contributed by atoms with Crippen molar-refractivity contribution in [2.24, 2.45) is 13.0 Å². The van der Waals surface area contributed by atoms with Crippen LogP contribution in [0.4, 0.5) is 26.1 Å². The molecule has 0 aromatic carbocycles. The number of hydrogen-bond donors (Lipinski definition) is 1. The monoisotopic (exact) mass is 386 g/mol. The molecule has 0 bridgehead atoms. The van der Waals surface area contributed by atoms with Crippen molar-refractivity contribution in [3.05, 3.63) is 36.2 Å². The molecule has 3 aromatic heterocycles. The molecule has 4 rings (SSSR count). The van der Waals surface area contributed by atoms with E-state index in [2.05, 4.69) is 20.3 Å². The summed E-state index contributed by atoms with van der Waals surface area (Å²) in [6, 6.07) is 3.53. The van der Waals surface area contributed by atoms with Crippen molar-refractivity contribution in [1.82, 2.24) is 19.5 Å². The van der Waals surface area contributed by atoms with Gasteiger partial charge in [-0.3, -0.25) is 4.79 Å². The second kappa shape index (κ2) is 6.81. The van der Waals surface area contributed by atoms with Crippen molar-refractivity contribution < 1.29 is 13.6 Å². The van der Waals surface area contributed by atoms with Crippen LogP contribution in [0.2, 0.25) is 0 Å². The van der Waals surface area contributed by atoms with Gasteiger partial charge in [0, 0.05) is 31.9 Å². The number of rotatable bonds is 5. The van der Waals surface area contributed by atoms with E-state index < -0.39 is 23.9 Å². The van der Waals surface area contributed by atoms with Crippen molar-refractivity contribution in [2.75, 3.05) is 17.3 Å². The zero-order valence-corrected chi connectivity index (χ0v) is 15.8. The molecule has 9 heteroatoms. The summed E-state index contributed by atoms with van der Waals surface area (Å²) in [5, 5.41) is 2.70. The van der Waals surface area contributed by atoms with Crippen molar-refractivity contribution in [2.45, 2.75) is 25.9 Å². The number of anilines is 3. The molecule has 1 saturated carbocycles. The molecule has 1 aliphatic rings. The Morgan fingerprint density at radius 2 is 2.18 bits per heavy atom. The van der Waals surface area contributed by atoms with Gasteiger partial charge in [0.15, 0.2) is 5.82 Å². The Morgan fingerprint density at radius 3 is 2.86 bits per heavy atom. The van der Waals surface area contributed by atoms with Gasteiger partial charge in [-0.1, -0.05) is 6.92 Å². The van der Waals surface area contributed by atoms with Gasteiger partial charge in [0.05, 0.1) is 23.4 Å². The molecule has 0 aliphatic heterocycles. The number of halogens is 2. The van der Waals surface area contributed by atoms with E-state index in [-0.39, 0.29) is 12.2 Å². The van der Waals surface area contributed by atoms with E-state index in [1.54, 1.807) is 28.9 Å². The highest BCUT2D eigenvalue weighted by Gasteiger charge is 2.44. The maximum absolute atomic E-state index is 14.1. The molecular formula is C19H20F2N6O. The lowest BCUT2D eigenvalue weighted by Gasteiger charge is -2.22. The van der Waals surface area contributed by atoms with Crippen LogP contribution >= 0.6 is 0 Å². The third-order valence-electron chi connectivity index (χ3n) is 5.03. The van der Waals surface area contributed by atoms with Crippen LogP contribution in [-0.2, 0) is 18.3 Å². The zero-order valence-electron chi connectivity index (χ0n) is 15.8. The minimum Gasteiger partial charge on any atom is -0.334 e. The highest BCUT2D eigenvalue weighted by molar-refractivity contribution is 6.01. The third kappa shape index (κ3) is 3.06. The fourth-order valence-corrected chi connectivity index (χ4v) is 3.24. The van der Waals surface area contributed by atoms with E-state index in [0.29, 0.717) is 29.0 Å². The van der Waals surface area contributed by atoms with Crippen LogP contribution in [0.5, 0.6) is 0 Å². The van der Waals surface area contributed by atoms with Crippen molar-refractivity contribution >= 4 is 34.3 Å². The molecule has 0 spiro atoms. The molecule has 3 heterocycles. The van der Waals surface area contributed by atoms with Gasteiger partial charge in [0.2, 0.25) is 11.9 Å². The molecular weight excluding hydrogens is 366 g/mol. The SMILES string of the molecule is CCc1c(N(C)c2cc3c(ncn3C)c(NC(=O)C3CC3F)n2)ccnc1F. The minimum atomic E-state index is -1.10. The van der Waals surface area contributed by atoms with Crippen molar-refractivity contribution in [3.8, 4) is 0 Å². The summed E-state index contributed by atoms with van der Waals surface area (Å²) < 4.78 is 29.2. The van der Waals surface area contributed by atoms with Crippen LogP contribution in [0.3, 0.4) is 0 Å². The molecule has 28 heavy (non-hydrogen) atoms. The summed E-state index contributed by atoms with van der Waals surface area (Å²) in [5.74, 6) is -0.806. The Hall–Kier alpha value is -3.10. The number of nitrogens with zero attached hydrogens (tertiary/aromatic N) is 5. The van der Waals surface area contributed by atoms with E-state index >= 15 is 0 Å². The first kappa shape index (κ1) is 18.3. The number of imidazole rings is 1. The molecule has 1 amide bonds. The average molecular weight is 386 g/mol. The molecule has 3 aromatic rings. The lowest BCUT2D eigenvalue weighted by Crippen LogP contribution is -2.19. The maximum Gasteiger partial charge on any atom is 0.231 e. The number of amides is 1. The fourth-order valence-electron chi connectivity index (χ4n) is 3.24. The highest BCUT2D eigenvalue weighted by Crippen LogP contribution is 2.36. The molecule has 146 valence electrons. The predicted molar refractivity (Wildman–Crippen MR) is 102 cm³/mol. The molecule has 1 N–H and O–H groups in total.